The monoisotopic (exact) mass is 269 g/mol. The summed E-state index contributed by atoms with van der Waals surface area (Å²) in [4.78, 5) is 10.5. The van der Waals surface area contributed by atoms with E-state index < -0.39 is 0 Å². The molecular formula is C15H19N5. The molecule has 0 aliphatic carbocycles. The second-order valence-corrected chi connectivity index (χ2v) is 4.36. The van der Waals surface area contributed by atoms with Crippen molar-refractivity contribution < 1.29 is 0 Å². The summed E-state index contributed by atoms with van der Waals surface area (Å²) in [5.74, 6) is 1.60. The Kier molecular flexibility index (Phi) is 4.68. The van der Waals surface area contributed by atoms with Gasteiger partial charge in [0.25, 0.3) is 0 Å². The first-order chi connectivity index (χ1) is 9.74. The molecule has 0 bridgehead atoms. The zero-order valence-corrected chi connectivity index (χ0v) is 11.6. The highest BCUT2D eigenvalue weighted by Gasteiger charge is 2.06. The second kappa shape index (κ2) is 6.68. The van der Waals surface area contributed by atoms with Crippen molar-refractivity contribution in [3.8, 4) is 0 Å². The van der Waals surface area contributed by atoms with E-state index in [0.29, 0.717) is 13.1 Å². The lowest BCUT2D eigenvalue weighted by atomic mass is 10.2. The van der Waals surface area contributed by atoms with E-state index in [0.717, 1.165) is 22.9 Å². The number of rotatable bonds is 6. The zero-order chi connectivity index (χ0) is 14.4. The number of hydrogen-bond acceptors (Lipinski definition) is 5. The van der Waals surface area contributed by atoms with Crippen LogP contribution in [0.15, 0.2) is 49.3 Å². The van der Waals surface area contributed by atoms with Crippen LogP contribution in [-0.4, -0.2) is 23.6 Å². The summed E-state index contributed by atoms with van der Waals surface area (Å²) in [6, 6.07) is 10.00. The van der Waals surface area contributed by atoms with Crippen molar-refractivity contribution in [2.24, 2.45) is 5.73 Å². The Bertz CT molecular complexity index is 565. The van der Waals surface area contributed by atoms with Crippen molar-refractivity contribution in [3.05, 3.63) is 54.9 Å². The highest BCUT2D eigenvalue weighted by molar-refractivity contribution is 5.61. The molecule has 104 valence electrons. The van der Waals surface area contributed by atoms with Crippen LogP contribution < -0.4 is 16.0 Å². The van der Waals surface area contributed by atoms with Gasteiger partial charge in [0.1, 0.15) is 18.0 Å². The Labute approximate surface area is 119 Å². The number of nitrogens with zero attached hydrogens (tertiary/aromatic N) is 3. The third kappa shape index (κ3) is 3.33. The van der Waals surface area contributed by atoms with E-state index in [1.165, 1.54) is 0 Å². The summed E-state index contributed by atoms with van der Waals surface area (Å²) in [5, 5.41) is 3.15. The first-order valence-corrected chi connectivity index (χ1v) is 6.44. The Morgan fingerprint density at radius 3 is 2.70 bits per heavy atom. The molecule has 0 radical (unpaired) electrons. The molecule has 2 aromatic rings. The lowest BCUT2D eigenvalue weighted by Crippen LogP contribution is -2.12. The van der Waals surface area contributed by atoms with Crippen LogP contribution in [0.3, 0.4) is 0 Å². The van der Waals surface area contributed by atoms with Crippen LogP contribution in [-0.2, 0) is 6.54 Å². The smallest absolute Gasteiger partial charge is 0.138 e. The van der Waals surface area contributed by atoms with E-state index in [1.54, 1.807) is 12.4 Å². The molecule has 0 spiro atoms. The van der Waals surface area contributed by atoms with Crippen molar-refractivity contribution >= 4 is 17.3 Å². The minimum atomic E-state index is 0.549. The number of benzene rings is 1. The molecule has 1 aromatic heterocycles. The van der Waals surface area contributed by atoms with E-state index >= 15 is 0 Å². The predicted molar refractivity (Wildman–Crippen MR) is 83.1 cm³/mol. The number of anilines is 3. The van der Waals surface area contributed by atoms with Crippen molar-refractivity contribution in [1.29, 1.82) is 0 Å². The van der Waals surface area contributed by atoms with Gasteiger partial charge in [-0.05, 0) is 17.7 Å². The largest absolute Gasteiger partial charge is 0.366 e. The van der Waals surface area contributed by atoms with E-state index in [4.69, 9.17) is 5.73 Å². The Morgan fingerprint density at radius 2 is 2.05 bits per heavy atom. The highest BCUT2D eigenvalue weighted by Crippen LogP contribution is 2.22. The van der Waals surface area contributed by atoms with Crippen LogP contribution in [0.2, 0.25) is 0 Å². The normalized spacial score (nSPS) is 10.1. The Hall–Kier alpha value is -2.40. The number of nitrogens with two attached hydrogens (primary N) is 1. The summed E-state index contributed by atoms with van der Waals surface area (Å²) in [7, 11) is 1.97. The number of hydrogen-bond donors (Lipinski definition) is 2. The fourth-order valence-corrected chi connectivity index (χ4v) is 1.79. The second-order valence-electron chi connectivity index (χ2n) is 4.36. The molecule has 0 unspecified atom stereocenters. The van der Waals surface area contributed by atoms with Crippen LogP contribution in [0, 0.1) is 0 Å². The molecule has 0 saturated carbocycles. The average Bonchev–Trinajstić information content (AvgIpc) is 2.52. The first-order valence-electron chi connectivity index (χ1n) is 6.44. The molecule has 5 heteroatoms. The van der Waals surface area contributed by atoms with Gasteiger partial charge in [-0.2, -0.15) is 0 Å². The highest BCUT2D eigenvalue weighted by atomic mass is 15.2. The SMILES string of the molecule is C=CCNc1cc(N(C)c2ccc(CN)cc2)ncn1. The Morgan fingerprint density at radius 1 is 1.30 bits per heavy atom. The molecule has 0 saturated heterocycles. The van der Waals surface area contributed by atoms with Gasteiger partial charge in [0.15, 0.2) is 0 Å². The summed E-state index contributed by atoms with van der Waals surface area (Å²) < 4.78 is 0. The molecule has 1 aromatic carbocycles. The lowest BCUT2D eigenvalue weighted by molar-refractivity contribution is 1.05. The molecule has 0 amide bonds. The third-order valence-electron chi connectivity index (χ3n) is 2.98. The topological polar surface area (TPSA) is 67.1 Å². The molecule has 0 atom stereocenters. The zero-order valence-electron chi connectivity index (χ0n) is 11.6. The molecular weight excluding hydrogens is 250 g/mol. The predicted octanol–water partition coefficient (Wildman–Crippen LogP) is 2.30. The maximum Gasteiger partial charge on any atom is 0.138 e. The number of aromatic nitrogens is 2. The molecule has 0 aliphatic heterocycles. The number of nitrogens with one attached hydrogen (secondary N) is 1. The van der Waals surface area contributed by atoms with Crippen LogP contribution in [0.5, 0.6) is 0 Å². The quantitative estimate of drug-likeness (QED) is 0.788. The average molecular weight is 269 g/mol. The van der Waals surface area contributed by atoms with Crippen molar-refractivity contribution in [1.82, 2.24) is 9.97 Å². The minimum absolute atomic E-state index is 0.549. The van der Waals surface area contributed by atoms with Gasteiger partial charge >= 0.3 is 0 Å². The van der Waals surface area contributed by atoms with Gasteiger partial charge in [-0.1, -0.05) is 18.2 Å². The van der Waals surface area contributed by atoms with Gasteiger partial charge < -0.3 is 16.0 Å². The summed E-state index contributed by atoms with van der Waals surface area (Å²) >= 11 is 0. The van der Waals surface area contributed by atoms with E-state index in [-0.39, 0.29) is 0 Å². The van der Waals surface area contributed by atoms with Crippen molar-refractivity contribution in [2.75, 3.05) is 23.8 Å². The summed E-state index contributed by atoms with van der Waals surface area (Å²) in [5.41, 5.74) is 7.76. The van der Waals surface area contributed by atoms with Crippen molar-refractivity contribution in [2.45, 2.75) is 6.54 Å². The molecule has 0 aliphatic rings. The molecule has 3 N–H and O–H groups in total. The molecule has 2 rings (SSSR count). The van der Waals surface area contributed by atoms with Gasteiger partial charge in [-0.25, -0.2) is 9.97 Å². The van der Waals surface area contributed by atoms with E-state index in [9.17, 15) is 0 Å². The molecule has 5 nitrogen and oxygen atoms in total. The lowest BCUT2D eigenvalue weighted by Gasteiger charge is -2.19. The third-order valence-corrected chi connectivity index (χ3v) is 2.98. The van der Waals surface area contributed by atoms with Crippen LogP contribution in [0.25, 0.3) is 0 Å². The molecule has 0 fully saturated rings. The fraction of sp³-hybridized carbons (Fsp3) is 0.200. The first kappa shape index (κ1) is 14.0. The van der Waals surface area contributed by atoms with Gasteiger partial charge in [0, 0.05) is 31.9 Å². The minimum Gasteiger partial charge on any atom is -0.366 e. The van der Waals surface area contributed by atoms with E-state index in [2.05, 4.69) is 21.9 Å². The molecule has 1 heterocycles. The standard InChI is InChI=1S/C15H19N5/c1-3-8-17-14-9-15(19-11-18-14)20(2)13-6-4-12(10-16)5-7-13/h3-7,9,11H,1,8,10,16H2,2H3,(H,17,18,19). The van der Waals surface area contributed by atoms with Gasteiger partial charge in [0.05, 0.1) is 0 Å². The summed E-state index contributed by atoms with van der Waals surface area (Å²) in [6.45, 7) is 4.89. The Balaban J connectivity index is 2.18. The maximum atomic E-state index is 5.60. The maximum absolute atomic E-state index is 5.60. The van der Waals surface area contributed by atoms with Gasteiger partial charge in [0.2, 0.25) is 0 Å². The van der Waals surface area contributed by atoms with Crippen LogP contribution >= 0.6 is 0 Å². The van der Waals surface area contributed by atoms with Crippen molar-refractivity contribution in [3.63, 3.8) is 0 Å². The molecule has 20 heavy (non-hydrogen) atoms. The van der Waals surface area contributed by atoms with Crippen LogP contribution in [0.1, 0.15) is 5.56 Å². The van der Waals surface area contributed by atoms with Gasteiger partial charge in [-0.15, -0.1) is 6.58 Å². The fourth-order valence-electron chi connectivity index (χ4n) is 1.79. The van der Waals surface area contributed by atoms with Crippen LogP contribution in [0.4, 0.5) is 17.3 Å². The van der Waals surface area contributed by atoms with E-state index in [1.807, 2.05) is 42.3 Å². The summed E-state index contributed by atoms with van der Waals surface area (Å²) in [6.07, 6.45) is 3.34. The van der Waals surface area contributed by atoms with Gasteiger partial charge in [-0.3, -0.25) is 0 Å².